The fourth-order valence-electron chi connectivity index (χ4n) is 1.80. The first-order valence-corrected chi connectivity index (χ1v) is 7.04. The Balaban J connectivity index is 0.000000200. The van der Waals surface area contributed by atoms with Crippen LogP contribution in [0.25, 0.3) is 0 Å². The summed E-state index contributed by atoms with van der Waals surface area (Å²) in [7, 11) is 0. The van der Waals surface area contributed by atoms with Crippen molar-refractivity contribution < 1.29 is 9.84 Å². The Labute approximate surface area is 122 Å². The van der Waals surface area contributed by atoms with Gasteiger partial charge in [0.1, 0.15) is 11.5 Å². The van der Waals surface area contributed by atoms with Crippen LogP contribution in [-0.4, -0.2) is 11.7 Å². The van der Waals surface area contributed by atoms with E-state index in [0.29, 0.717) is 5.75 Å². The van der Waals surface area contributed by atoms with Crippen LogP contribution in [-0.2, 0) is 6.42 Å². The second kappa shape index (κ2) is 8.26. The standard InChI is InChI=1S/2C9H12O/c1-3-10-9-6-4-8(2)5-7-9;1-3-8-6-7(2)4-5-9(8)10/h4-7H,3H2,1-2H3;4-6,10H,3H2,1-2H3. The zero-order valence-electron chi connectivity index (χ0n) is 12.8. The molecule has 0 aliphatic carbocycles. The van der Waals surface area contributed by atoms with Gasteiger partial charge in [0.25, 0.3) is 0 Å². The number of aryl methyl sites for hydroxylation is 3. The Morgan fingerprint density at radius 2 is 1.50 bits per heavy atom. The zero-order chi connectivity index (χ0) is 15.0. The number of aromatic hydroxyl groups is 1. The quantitative estimate of drug-likeness (QED) is 0.880. The van der Waals surface area contributed by atoms with Crippen molar-refractivity contribution in [2.45, 2.75) is 34.1 Å². The normalized spacial score (nSPS) is 9.60. The topological polar surface area (TPSA) is 29.5 Å². The molecule has 0 atom stereocenters. The van der Waals surface area contributed by atoms with Crippen molar-refractivity contribution in [2.75, 3.05) is 6.61 Å². The highest BCUT2D eigenvalue weighted by molar-refractivity contribution is 5.35. The Morgan fingerprint density at radius 1 is 0.900 bits per heavy atom. The van der Waals surface area contributed by atoms with Crippen LogP contribution >= 0.6 is 0 Å². The molecule has 108 valence electrons. The molecule has 0 aliphatic heterocycles. The van der Waals surface area contributed by atoms with Crippen molar-refractivity contribution >= 4 is 0 Å². The summed E-state index contributed by atoms with van der Waals surface area (Å²) in [6.45, 7) is 8.85. The van der Waals surface area contributed by atoms with Crippen LogP contribution in [0.3, 0.4) is 0 Å². The van der Waals surface area contributed by atoms with Gasteiger partial charge in [0.05, 0.1) is 6.61 Å². The molecular weight excluding hydrogens is 248 g/mol. The summed E-state index contributed by atoms with van der Waals surface area (Å²) in [5.74, 6) is 1.36. The monoisotopic (exact) mass is 272 g/mol. The van der Waals surface area contributed by atoms with Crippen LogP contribution in [0, 0.1) is 13.8 Å². The van der Waals surface area contributed by atoms with Crippen LogP contribution < -0.4 is 4.74 Å². The van der Waals surface area contributed by atoms with Gasteiger partial charge < -0.3 is 9.84 Å². The first-order chi connectivity index (χ1) is 9.56. The third-order valence-electron chi connectivity index (χ3n) is 2.95. The number of ether oxygens (including phenoxy) is 1. The summed E-state index contributed by atoms with van der Waals surface area (Å²) in [5.41, 5.74) is 3.50. The lowest BCUT2D eigenvalue weighted by molar-refractivity contribution is 0.340. The van der Waals surface area contributed by atoms with Crippen LogP contribution in [0.1, 0.15) is 30.5 Å². The maximum atomic E-state index is 9.23. The highest BCUT2D eigenvalue weighted by atomic mass is 16.5. The van der Waals surface area contributed by atoms with E-state index in [-0.39, 0.29) is 0 Å². The minimum Gasteiger partial charge on any atom is -0.508 e. The zero-order valence-corrected chi connectivity index (χ0v) is 12.8. The molecule has 2 aromatic rings. The van der Waals surface area contributed by atoms with Crippen molar-refractivity contribution in [1.82, 2.24) is 0 Å². The molecule has 0 heterocycles. The molecular formula is C18H24O2. The van der Waals surface area contributed by atoms with Gasteiger partial charge in [0.2, 0.25) is 0 Å². The molecule has 0 unspecified atom stereocenters. The molecule has 0 amide bonds. The van der Waals surface area contributed by atoms with E-state index in [9.17, 15) is 5.11 Å². The summed E-state index contributed by atoms with van der Waals surface area (Å²) in [4.78, 5) is 0. The molecule has 0 saturated heterocycles. The predicted molar refractivity (Wildman–Crippen MR) is 84.6 cm³/mol. The van der Waals surface area contributed by atoms with Crippen LogP contribution in [0.15, 0.2) is 42.5 Å². The summed E-state index contributed by atoms with van der Waals surface area (Å²) < 4.78 is 5.26. The Hall–Kier alpha value is -1.96. The smallest absolute Gasteiger partial charge is 0.119 e. The van der Waals surface area contributed by atoms with E-state index in [0.717, 1.165) is 24.3 Å². The molecule has 0 radical (unpaired) electrons. The second-order valence-electron chi connectivity index (χ2n) is 4.73. The van der Waals surface area contributed by atoms with Gasteiger partial charge in [-0.2, -0.15) is 0 Å². The summed E-state index contributed by atoms with van der Waals surface area (Å²) >= 11 is 0. The lowest BCUT2D eigenvalue weighted by Crippen LogP contribution is -1.90. The Morgan fingerprint density at radius 3 is 2.00 bits per heavy atom. The number of phenols is 1. The van der Waals surface area contributed by atoms with Crippen LogP contribution in [0.4, 0.5) is 0 Å². The highest BCUT2D eigenvalue weighted by Crippen LogP contribution is 2.17. The van der Waals surface area contributed by atoms with Gasteiger partial charge >= 0.3 is 0 Å². The first-order valence-electron chi connectivity index (χ1n) is 7.04. The number of benzene rings is 2. The maximum absolute atomic E-state index is 9.23. The minimum absolute atomic E-state index is 0.410. The van der Waals surface area contributed by atoms with Crippen molar-refractivity contribution in [1.29, 1.82) is 0 Å². The molecule has 2 nitrogen and oxygen atoms in total. The first kappa shape index (κ1) is 16.1. The van der Waals surface area contributed by atoms with E-state index >= 15 is 0 Å². The van der Waals surface area contributed by atoms with Gasteiger partial charge in [-0.05, 0) is 51.0 Å². The molecule has 2 heteroatoms. The average Bonchev–Trinajstić information content (AvgIpc) is 2.45. The molecule has 0 aromatic heterocycles. The third kappa shape index (κ3) is 5.35. The van der Waals surface area contributed by atoms with E-state index < -0.39 is 0 Å². The van der Waals surface area contributed by atoms with E-state index in [1.165, 1.54) is 11.1 Å². The van der Waals surface area contributed by atoms with Gasteiger partial charge in [0.15, 0.2) is 0 Å². The van der Waals surface area contributed by atoms with Gasteiger partial charge in [-0.3, -0.25) is 0 Å². The van der Waals surface area contributed by atoms with Crippen molar-refractivity contribution in [2.24, 2.45) is 0 Å². The SMILES string of the molecule is CCOc1ccc(C)cc1.CCc1cc(C)ccc1O. The molecule has 0 saturated carbocycles. The molecule has 20 heavy (non-hydrogen) atoms. The molecule has 0 aliphatic rings. The van der Waals surface area contributed by atoms with E-state index in [1.54, 1.807) is 6.07 Å². The predicted octanol–water partition coefficient (Wildman–Crippen LogP) is 4.66. The lowest BCUT2D eigenvalue weighted by Gasteiger charge is -2.01. The minimum atomic E-state index is 0.410. The maximum Gasteiger partial charge on any atom is 0.119 e. The van der Waals surface area contributed by atoms with Crippen LogP contribution in [0.5, 0.6) is 11.5 Å². The number of phenolic OH excluding ortho intramolecular Hbond substituents is 1. The lowest BCUT2D eigenvalue weighted by atomic mass is 10.1. The van der Waals surface area contributed by atoms with Crippen molar-refractivity contribution in [3.63, 3.8) is 0 Å². The van der Waals surface area contributed by atoms with E-state index in [4.69, 9.17) is 4.74 Å². The van der Waals surface area contributed by atoms with Gasteiger partial charge in [0, 0.05) is 0 Å². The van der Waals surface area contributed by atoms with Gasteiger partial charge in [-0.15, -0.1) is 0 Å². The van der Waals surface area contributed by atoms with Crippen LogP contribution in [0.2, 0.25) is 0 Å². The Kier molecular flexibility index (Phi) is 6.65. The molecule has 2 rings (SSSR count). The fourth-order valence-corrected chi connectivity index (χ4v) is 1.80. The van der Waals surface area contributed by atoms with Gasteiger partial charge in [-0.25, -0.2) is 0 Å². The summed E-state index contributed by atoms with van der Waals surface area (Å²) in [5, 5.41) is 9.23. The molecule has 0 fully saturated rings. The highest BCUT2D eigenvalue weighted by Gasteiger charge is 1.96. The van der Waals surface area contributed by atoms with Crippen molar-refractivity contribution in [3.8, 4) is 11.5 Å². The number of rotatable bonds is 3. The number of hydrogen-bond acceptors (Lipinski definition) is 2. The van der Waals surface area contributed by atoms with E-state index in [2.05, 4.69) is 6.92 Å². The Bertz CT molecular complexity index is 515. The number of hydrogen-bond donors (Lipinski definition) is 1. The molecule has 1 N–H and O–H groups in total. The van der Waals surface area contributed by atoms with Gasteiger partial charge in [-0.1, -0.05) is 42.3 Å². The summed E-state index contributed by atoms with van der Waals surface area (Å²) in [6.07, 6.45) is 0.896. The largest absolute Gasteiger partial charge is 0.508 e. The third-order valence-corrected chi connectivity index (χ3v) is 2.95. The molecule has 0 bridgehead atoms. The fraction of sp³-hybridized carbons (Fsp3) is 0.333. The average molecular weight is 272 g/mol. The van der Waals surface area contributed by atoms with Crippen molar-refractivity contribution in [3.05, 3.63) is 59.2 Å². The molecule has 0 spiro atoms. The second-order valence-corrected chi connectivity index (χ2v) is 4.73. The summed E-state index contributed by atoms with van der Waals surface area (Å²) in [6, 6.07) is 13.7. The molecule has 2 aromatic carbocycles. The van der Waals surface area contributed by atoms with E-state index in [1.807, 2.05) is 57.2 Å².